The van der Waals surface area contributed by atoms with Crippen molar-refractivity contribution in [2.75, 3.05) is 19.6 Å². The van der Waals surface area contributed by atoms with E-state index in [0.717, 1.165) is 31.7 Å². The largest absolute Gasteiger partial charge is 0.506 e. The first-order valence-corrected chi connectivity index (χ1v) is 7.00. The maximum absolute atomic E-state index is 9.41. The molecule has 1 aromatic rings. The van der Waals surface area contributed by atoms with E-state index >= 15 is 0 Å². The van der Waals surface area contributed by atoms with Gasteiger partial charge >= 0.3 is 0 Å². The summed E-state index contributed by atoms with van der Waals surface area (Å²) in [6.07, 6.45) is 2.56. The van der Waals surface area contributed by atoms with Gasteiger partial charge in [0.1, 0.15) is 5.75 Å². The molecule has 0 bridgehead atoms. The molecule has 1 saturated heterocycles. The predicted octanol–water partition coefficient (Wildman–Crippen LogP) is 2.62. The van der Waals surface area contributed by atoms with Crippen LogP contribution in [-0.2, 0) is 6.54 Å². The minimum atomic E-state index is 0.154. The second kappa shape index (κ2) is 6.41. The Bertz CT molecular complexity index is 391. The fourth-order valence-corrected chi connectivity index (χ4v) is 2.64. The molecule has 3 nitrogen and oxygen atoms in total. The minimum Gasteiger partial charge on any atom is -0.506 e. The predicted molar refractivity (Wildman–Crippen MR) is 75.1 cm³/mol. The number of rotatable bonds is 5. The number of aromatic hydroxyl groups is 1. The number of hydrogen-bond donors (Lipinski definition) is 2. The molecule has 0 aromatic heterocycles. The summed E-state index contributed by atoms with van der Waals surface area (Å²) in [6, 6.07) is 6.07. The van der Waals surface area contributed by atoms with Crippen LogP contribution in [0.5, 0.6) is 5.75 Å². The number of hydrogen-bond acceptors (Lipinski definition) is 3. The first kappa shape index (κ1) is 13.7. The van der Waals surface area contributed by atoms with Crippen LogP contribution in [0.1, 0.15) is 25.3 Å². The van der Waals surface area contributed by atoms with Crippen LogP contribution in [0.15, 0.2) is 18.2 Å². The Morgan fingerprint density at radius 3 is 2.94 bits per heavy atom. The van der Waals surface area contributed by atoms with Gasteiger partial charge in [-0.25, -0.2) is 0 Å². The third-order valence-corrected chi connectivity index (χ3v) is 3.81. The quantitative estimate of drug-likeness (QED) is 0.862. The maximum atomic E-state index is 9.41. The summed E-state index contributed by atoms with van der Waals surface area (Å²) in [4.78, 5) is 2.41. The van der Waals surface area contributed by atoms with Crippen molar-refractivity contribution in [1.29, 1.82) is 0 Å². The zero-order valence-electron chi connectivity index (χ0n) is 10.8. The molecule has 1 aliphatic heterocycles. The molecule has 0 spiro atoms. The van der Waals surface area contributed by atoms with E-state index < -0.39 is 0 Å². The van der Waals surface area contributed by atoms with Gasteiger partial charge in [0.15, 0.2) is 0 Å². The van der Waals surface area contributed by atoms with E-state index in [1.807, 2.05) is 12.1 Å². The van der Waals surface area contributed by atoms with Crippen molar-refractivity contribution in [2.45, 2.75) is 32.4 Å². The van der Waals surface area contributed by atoms with Crippen molar-refractivity contribution < 1.29 is 5.11 Å². The van der Waals surface area contributed by atoms with Crippen LogP contribution in [0.4, 0.5) is 0 Å². The smallest absolute Gasteiger partial charge is 0.134 e. The highest BCUT2D eigenvalue weighted by Gasteiger charge is 2.17. The lowest BCUT2D eigenvalue weighted by Crippen LogP contribution is -2.37. The first-order valence-electron chi connectivity index (χ1n) is 6.62. The number of nitrogens with one attached hydrogen (secondary N) is 1. The molecule has 18 heavy (non-hydrogen) atoms. The van der Waals surface area contributed by atoms with E-state index in [9.17, 15) is 5.11 Å². The van der Waals surface area contributed by atoms with Crippen LogP contribution in [0.25, 0.3) is 0 Å². The Morgan fingerprint density at radius 1 is 1.50 bits per heavy atom. The molecule has 100 valence electrons. The van der Waals surface area contributed by atoms with Crippen LogP contribution in [0, 0.1) is 0 Å². The molecule has 0 aliphatic carbocycles. The normalized spacial score (nSPS) is 19.6. The van der Waals surface area contributed by atoms with Gasteiger partial charge in [-0.05, 0) is 43.6 Å². The zero-order chi connectivity index (χ0) is 13.0. The number of phenols is 1. The molecular weight excluding hydrogens is 248 g/mol. The second-order valence-electron chi connectivity index (χ2n) is 4.91. The number of benzene rings is 1. The van der Waals surface area contributed by atoms with E-state index in [-0.39, 0.29) is 5.75 Å². The lowest BCUT2D eigenvalue weighted by atomic mass is 10.1. The average molecular weight is 269 g/mol. The molecule has 1 atom stereocenters. The molecule has 1 aromatic carbocycles. The van der Waals surface area contributed by atoms with Gasteiger partial charge in [0.25, 0.3) is 0 Å². The summed E-state index contributed by atoms with van der Waals surface area (Å²) >= 11 is 5.93. The Morgan fingerprint density at radius 2 is 2.33 bits per heavy atom. The molecule has 1 fully saturated rings. The number of nitrogens with zero attached hydrogens (tertiary/aromatic N) is 1. The highest BCUT2D eigenvalue weighted by Crippen LogP contribution is 2.24. The monoisotopic (exact) mass is 268 g/mol. The van der Waals surface area contributed by atoms with Gasteiger partial charge in [0, 0.05) is 19.1 Å². The van der Waals surface area contributed by atoms with Crippen LogP contribution in [0.2, 0.25) is 5.02 Å². The molecule has 1 heterocycles. The summed E-state index contributed by atoms with van der Waals surface area (Å²) in [6.45, 7) is 6.31. The van der Waals surface area contributed by atoms with E-state index in [2.05, 4.69) is 17.1 Å². The lowest BCUT2D eigenvalue weighted by molar-refractivity contribution is 0.253. The zero-order valence-corrected chi connectivity index (χ0v) is 11.6. The lowest BCUT2D eigenvalue weighted by Gasteiger charge is -2.24. The van der Waals surface area contributed by atoms with Crippen LogP contribution >= 0.6 is 11.6 Å². The SMILES string of the molecule is CCN(Cc1ccc(O)c(Cl)c1)CC1CCCN1. The van der Waals surface area contributed by atoms with Gasteiger partial charge in [-0.15, -0.1) is 0 Å². The summed E-state index contributed by atoms with van der Waals surface area (Å²) < 4.78 is 0. The Labute approximate surface area is 114 Å². The molecule has 2 rings (SSSR count). The third kappa shape index (κ3) is 3.61. The van der Waals surface area contributed by atoms with Crippen LogP contribution in [-0.4, -0.2) is 35.7 Å². The van der Waals surface area contributed by atoms with Gasteiger partial charge in [-0.1, -0.05) is 24.6 Å². The molecule has 0 radical (unpaired) electrons. The molecule has 2 N–H and O–H groups in total. The molecule has 4 heteroatoms. The van der Waals surface area contributed by atoms with Gasteiger partial charge < -0.3 is 10.4 Å². The number of phenolic OH excluding ortho intramolecular Hbond substituents is 1. The van der Waals surface area contributed by atoms with Gasteiger partial charge in [-0.3, -0.25) is 4.90 Å². The highest BCUT2D eigenvalue weighted by atomic mass is 35.5. The van der Waals surface area contributed by atoms with E-state index in [1.165, 1.54) is 12.8 Å². The highest BCUT2D eigenvalue weighted by molar-refractivity contribution is 6.32. The molecule has 1 unspecified atom stereocenters. The second-order valence-corrected chi connectivity index (χ2v) is 5.31. The van der Waals surface area contributed by atoms with Crippen molar-refractivity contribution >= 4 is 11.6 Å². The van der Waals surface area contributed by atoms with Crippen molar-refractivity contribution in [3.63, 3.8) is 0 Å². The van der Waals surface area contributed by atoms with Crippen molar-refractivity contribution in [1.82, 2.24) is 10.2 Å². The molecule has 1 aliphatic rings. The van der Waals surface area contributed by atoms with Gasteiger partial charge in [-0.2, -0.15) is 0 Å². The third-order valence-electron chi connectivity index (χ3n) is 3.51. The molecular formula is C14H21ClN2O. The summed E-state index contributed by atoms with van der Waals surface area (Å²) in [5.41, 5.74) is 1.15. The number of likely N-dealkylation sites (N-methyl/N-ethyl adjacent to an activating group) is 1. The Hall–Kier alpha value is -0.770. The molecule has 0 amide bonds. The fraction of sp³-hybridized carbons (Fsp3) is 0.571. The summed E-state index contributed by atoms with van der Waals surface area (Å²) in [5, 5.41) is 13.4. The van der Waals surface area contributed by atoms with E-state index in [1.54, 1.807) is 6.07 Å². The van der Waals surface area contributed by atoms with Crippen molar-refractivity contribution in [3.8, 4) is 5.75 Å². The van der Waals surface area contributed by atoms with Crippen molar-refractivity contribution in [3.05, 3.63) is 28.8 Å². The van der Waals surface area contributed by atoms with Crippen molar-refractivity contribution in [2.24, 2.45) is 0 Å². The number of halogens is 1. The van der Waals surface area contributed by atoms with Crippen LogP contribution in [0.3, 0.4) is 0 Å². The van der Waals surface area contributed by atoms with E-state index in [4.69, 9.17) is 11.6 Å². The topological polar surface area (TPSA) is 35.5 Å². The minimum absolute atomic E-state index is 0.154. The molecule has 0 saturated carbocycles. The Kier molecular flexibility index (Phi) is 4.87. The summed E-state index contributed by atoms with van der Waals surface area (Å²) in [5.74, 6) is 0.154. The van der Waals surface area contributed by atoms with Gasteiger partial charge in [0.05, 0.1) is 5.02 Å². The first-order chi connectivity index (χ1) is 8.69. The fourth-order valence-electron chi connectivity index (χ4n) is 2.44. The standard InChI is InChI=1S/C14H21ClN2O/c1-2-17(10-12-4-3-7-16-12)9-11-5-6-14(18)13(15)8-11/h5-6,8,12,16,18H,2-4,7,9-10H2,1H3. The van der Waals surface area contributed by atoms with Gasteiger partial charge in [0.2, 0.25) is 0 Å². The Balaban J connectivity index is 1.94. The van der Waals surface area contributed by atoms with Crippen LogP contribution < -0.4 is 5.32 Å². The maximum Gasteiger partial charge on any atom is 0.134 e. The summed E-state index contributed by atoms with van der Waals surface area (Å²) in [7, 11) is 0. The van der Waals surface area contributed by atoms with E-state index in [0.29, 0.717) is 11.1 Å². The average Bonchev–Trinajstić information content (AvgIpc) is 2.86.